The van der Waals surface area contributed by atoms with Crippen LogP contribution in [0.5, 0.6) is 0 Å². The zero-order valence-corrected chi connectivity index (χ0v) is 15.3. The first-order valence-corrected chi connectivity index (χ1v) is 9.43. The molecule has 2 heterocycles. The van der Waals surface area contributed by atoms with Crippen LogP contribution in [0.25, 0.3) is 11.1 Å². The molecule has 4 rings (SSSR count). The van der Waals surface area contributed by atoms with Gasteiger partial charge >= 0.3 is 0 Å². The Morgan fingerprint density at radius 2 is 1.62 bits per heavy atom. The Kier molecular flexibility index (Phi) is 5.18. The van der Waals surface area contributed by atoms with Gasteiger partial charge in [0.15, 0.2) is 5.58 Å². The van der Waals surface area contributed by atoms with Crippen LogP contribution < -0.4 is 5.32 Å². The Morgan fingerprint density at radius 1 is 0.923 bits per heavy atom. The number of anilines is 1. The minimum atomic E-state index is 0.581. The molecule has 3 aromatic rings. The number of piperazine rings is 1. The highest BCUT2D eigenvalue weighted by Gasteiger charge is 2.16. The maximum absolute atomic E-state index is 5.77. The maximum Gasteiger partial charge on any atom is 0.295 e. The fourth-order valence-electron chi connectivity index (χ4n) is 3.51. The third-order valence-electron chi connectivity index (χ3n) is 5.15. The van der Waals surface area contributed by atoms with E-state index >= 15 is 0 Å². The molecule has 1 N–H and O–H groups in total. The molecule has 0 aliphatic carbocycles. The van der Waals surface area contributed by atoms with Gasteiger partial charge in [-0.15, -0.1) is 0 Å². The average molecular weight is 350 g/mol. The van der Waals surface area contributed by atoms with Gasteiger partial charge in [0.25, 0.3) is 6.01 Å². The Morgan fingerprint density at radius 3 is 2.38 bits per heavy atom. The first kappa shape index (κ1) is 17.1. The molecule has 1 saturated heterocycles. The van der Waals surface area contributed by atoms with Crippen molar-refractivity contribution in [1.82, 2.24) is 14.8 Å². The van der Waals surface area contributed by atoms with Gasteiger partial charge in [0, 0.05) is 39.3 Å². The summed E-state index contributed by atoms with van der Waals surface area (Å²) in [5.74, 6) is 0. The molecule has 1 aromatic heterocycles. The Bertz CT molecular complexity index is 819. The van der Waals surface area contributed by atoms with Gasteiger partial charge in [-0.05, 0) is 29.8 Å². The molecule has 5 heteroatoms. The molecule has 0 radical (unpaired) electrons. The van der Waals surface area contributed by atoms with Gasteiger partial charge in [-0.3, -0.25) is 4.90 Å². The number of nitrogens with zero attached hydrogens (tertiary/aromatic N) is 3. The largest absolute Gasteiger partial charge is 0.424 e. The number of rotatable bonds is 6. The van der Waals surface area contributed by atoms with E-state index in [1.807, 2.05) is 24.3 Å². The molecule has 1 aliphatic heterocycles. The first-order chi connectivity index (χ1) is 12.8. The van der Waals surface area contributed by atoms with Gasteiger partial charge in [-0.2, -0.15) is 4.98 Å². The van der Waals surface area contributed by atoms with Gasteiger partial charge in [0.2, 0.25) is 0 Å². The van der Waals surface area contributed by atoms with Crippen LogP contribution in [0.3, 0.4) is 0 Å². The molecule has 0 amide bonds. The zero-order valence-electron chi connectivity index (χ0n) is 15.3. The molecule has 1 fully saturated rings. The Hall–Kier alpha value is -2.37. The molecule has 26 heavy (non-hydrogen) atoms. The number of hydrogen-bond donors (Lipinski definition) is 1. The van der Waals surface area contributed by atoms with Crippen LogP contribution >= 0.6 is 0 Å². The van der Waals surface area contributed by atoms with Crippen molar-refractivity contribution in [2.45, 2.75) is 20.0 Å². The number of para-hydroxylation sites is 2. The van der Waals surface area contributed by atoms with Crippen LogP contribution in [-0.2, 0) is 13.1 Å². The van der Waals surface area contributed by atoms with E-state index < -0.39 is 0 Å². The zero-order chi connectivity index (χ0) is 17.8. The van der Waals surface area contributed by atoms with E-state index in [0.29, 0.717) is 6.01 Å². The van der Waals surface area contributed by atoms with Gasteiger partial charge in [-0.1, -0.05) is 43.3 Å². The molecule has 136 valence electrons. The highest BCUT2D eigenvalue weighted by atomic mass is 16.4. The number of oxazole rings is 1. The van der Waals surface area contributed by atoms with E-state index in [1.54, 1.807) is 0 Å². The molecule has 1 aliphatic rings. The van der Waals surface area contributed by atoms with Crippen molar-refractivity contribution in [3.63, 3.8) is 0 Å². The minimum Gasteiger partial charge on any atom is -0.424 e. The maximum atomic E-state index is 5.77. The summed E-state index contributed by atoms with van der Waals surface area (Å²) in [5, 5.41) is 3.34. The van der Waals surface area contributed by atoms with Gasteiger partial charge in [-0.25, -0.2) is 0 Å². The van der Waals surface area contributed by atoms with Crippen molar-refractivity contribution >= 4 is 17.1 Å². The summed E-state index contributed by atoms with van der Waals surface area (Å²) in [4.78, 5) is 9.55. The van der Waals surface area contributed by atoms with E-state index in [2.05, 4.69) is 51.3 Å². The normalized spacial score (nSPS) is 16.2. The highest BCUT2D eigenvalue weighted by Crippen LogP contribution is 2.20. The Labute approximate surface area is 154 Å². The lowest BCUT2D eigenvalue weighted by Crippen LogP contribution is -2.45. The van der Waals surface area contributed by atoms with E-state index in [9.17, 15) is 0 Å². The highest BCUT2D eigenvalue weighted by molar-refractivity contribution is 5.74. The van der Waals surface area contributed by atoms with Gasteiger partial charge in [0.05, 0.1) is 0 Å². The number of benzene rings is 2. The lowest BCUT2D eigenvalue weighted by atomic mass is 10.1. The third-order valence-corrected chi connectivity index (χ3v) is 5.15. The predicted octanol–water partition coefficient (Wildman–Crippen LogP) is 3.58. The second-order valence-corrected chi connectivity index (χ2v) is 6.82. The van der Waals surface area contributed by atoms with Crippen LogP contribution in [0, 0.1) is 0 Å². The van der Waals surface area contributed by atoms with Crippen molar-refractivity contribution in [2.75, 3.05) is 38.0 Å². The van der Waals surface area contributed by atoms with Crippen LogP contribution in [0.1, 0.15) is 18.1 Å². The number of likely N-dealkylation sites (N-methyl/N-ethyl adjacent to an activating group) is 1. The fourth-order valence-corrected chi connectivity index (χ4v) is 3.51. The van der Waals surface area contributed by atoms with Crippen LogP contribution in [0.15, 0.2) is 52.9 Å². The monoisotopic (exact) mass is 350 g/mol. The number of hydrogen-bond acceptors (Lipinski definition) is 5. The smallest absolute Gasteiger partial charge is 0.295 e. The molecule has 0 atom stereocenters. The molecule has 0 saturated carbocycles. The van der Waals surface area contributed by atoms with E-state index in [4.69, 9.17) is 4.42 Å². The molecule has 0 bridgehead atoms. The number of aromatic nitrogens is 1. The van der Waals surface area contributed by atoms with Crippen molar-refractivity contribution < 1.29 is 4.42 Å². The van der Waals surface area contributed by atoms with Crippen molar-refractivity contribution in [2.24, 2.45) is 0 Å². The summed E-state index contributed by atoms with van der Waals surface area (Å²) < 4.78 is 5.77. The SMILES string of the molecule is CCN1CCN(Cc2ccccc2CNc2nc3ccccc3o2)CC1. The topological polar surface area (TPSA) is 44.5 Å². The predicted molar refractivity (Wildman–Crippen MR) is 105 cm³/mol. The second-order valence-electron chi connectivity index (χ2n) is 6.82. The molecular weight excluding hydrogens is 324 g/mol. The molecule has 0 spiro atoms. The first-order valence-electron chi connectivity index (χ1n) is 9.43. The van der Waals surface area contributed by atoms with Crippen LogP contribution in [0.2, 0.25) is 0 Å². The van der Waals surface area contributed by atoms with Crippen LogP contribution in [0.4, 0.5) is 6.01 Å². The Balaban J connectivity index is 1.41. The van der Waals surface area contributed by atoms with E-state index in [1.165, 1.54) is 24.2 Å². The van der Waals surface area contributed by atoms with Crippen LogP contribution in [-0.4, -0.2) is 47.5 Å². The van der Waals surface area contributed by atoms with Crippen molar-refractivity contribution in [1.29, 1.82) is 0 Å². The van der Waals surface area contributed by atoms with Crippen molar-refractivity contribution in [3.05, 3.63) is 59.7 Å². The van der Waals surface area contributed by atoms with Crippen molar-refractivity contribution in [3.8, 4) is 0 Å². The summed E-state index contributed by atoms with van der Waals surface area (Å²) >= 11 is 0. The van der Waals surface area contributed by atoms with E-state index in [0.717, 1.165) is 43.8 Å². The fraction of sp³-hybridized carbons (Fsp3) is 0.381. The number of fused-ring (bicyclic) bond motifs is 1. The van der Waals surface area contributed by atoms with Gasteiger partial charge in [0.1, 0.15) is 5.52 Å². The summed E-state index contributed by atoms with van der Waals surface area (Å²) in [7, 11) is 0. The lowest BCUT2D eigenvalue weighted by molar-refractivity contribution is 0.131. The molecule has 2 aromatic carbocycles. The summed E-state index contributed by atoms with van der Waals surface area (Å²) in [6, 6.07) is 17.1. The van der Waals surface area contributed by atoms with E-state index in [-0.39, 0.29) is 0 Å². The minimum absolute atomic E-state index is 0.581. The lowest BCUT2D eigenvalue weighted by Gasteiger charge is -2.34. The average Bonchev–Trinajstić information content (AvgIpc) is 3.11. The standard InChI is InChI=1S/C21H26N4O/c1-2-24-11-13-25(14-12-24)16-18-8-4-3-7-17(18)15-22-21-23-19-9-5-6-10-20(19)26-21/h3-10H,2,11-16H2,1H3,(H,22,23). The summed E-state index contributed by atoms with van der Waals surface area (Å²) in [6.45, 7) is 9.73. The molecule has 0 unspecified atom stereocenters. The number of nitrogens with one attached hydrogen (secondary N) is 1. The summed E-state index contributed by atoms with van der Waals surface area (Å²) in [5.41, 5.74) is 4.38. The quantitative estimate of drug-likeness (QED) is 0.736. The molecular formula is C21H26N4O. The second kappa shape index (κ2) is 7.89. The molecule has 5 nitrogen and oxygen atoms in total. The third kappa shape index (κ3) is 3.89. The van der Waals surface area contributed by atoms with Gasteiger partial charge < -0.3 is 14.6 Å². The summed E-state index contributed by atoms with van der Waals surface area (Å²) in [6.07, 6.45) is 0.